The smallest absolute Gasteiger partial charge is 0.319 e. The Kier molecular flexibility index (Phi) is 1.97. The van der Waals surface area contributed by atoms with Crippen LogP contribution in [0.15, 0.2) is 54.1 Å². The van der Waals surface area contributed by atoms with E-state index in [-0.39, 0.29) is 17.2 Å². The maximum absolute atomic E-state index is 11.0. The van der Waals surface area contributed by atoms with E-state index < -0.39 is 11.8 Å². The molecule has 2 amide bonds. The van der Waals surface area contributed by atoms with Crippen LogP contribution in [0.4, 0.5) is 0 Å². The third kappa shape index (κ3) is 1.57. The molecule has 2 heterocycles. The molecule has 0 aromatic rings. The summed E-state index contributed by atoms with van der Waals surface area (Å²) in [6.45, 7) is 0. The average molecular weight is 205 g/mol. The predicted molar refractivity (Wildman–Crippen MR) is 43.9 cm³/mol. The Balaban J connectivity index is 2.17. The molecule has 2 rings (SSSR count). The number of hydrogen-bond acceptors (Lipinski definition) is 7. The zero-order chi connectivity index (χ0) is 10.8. The van der Waals surface area contributed by atoms with E-state index >= 15 is 0 Å². The van der Waals surface area contributed by atoms with E-state index in [1.807, 2.05) is 0 Å². The summed E-state index contributed by atoms with van der Waals surface area (Å²) in [6, 6.07) is 0. The fraction of sp³-hybridized carbons (Fsp3) is 0. The van der Waals surface area contributed by atoms with Gasteiger partial charge < -0.3 is 5.73 Å². The van der Waals surface area contributed by atoms with Gasteiger partial charge in [0, 0.05) is 0 Å². The molecule has 0 unspecified atom stereocenters. The van der Waals surface area contributed by atoms with Gasteiger partial charge in [0.1, 0.15) is 0 Å². The van der Waals surface area contributed by atoms with Gasteiger partial charge in [0.05, 0.1) is 6.20 Å². The van der Waals surface area contributed by atoms with E-state index in [9.17, 15) is 9.59 Å². The minimum absolute atomic E-state index is 0.0741. The third-order valence-corrected chi connectivity index (χ3v) is 1.50. The van der Waals surface area contributed by atoms with Crippen LogP contribution in [0.2, 0.25) is 0 Å². The molecule has 9 heteroatoms. The summed E-state index contributed by atoms with van der Waals surface area (Å²) in [6.07, 6.45) is 1.12. The van der Waals surface area contributed by atoms with Gasteiger partial charge in [-0.05, 0) is 0 Å². The van der Waals surface area contributed by atoms with Crippen molar-refractivity contribution in [3.63, 3.8) is 0 Å². The third-order valence-electron chi connectivity index (χ3n) is 1.50. The van der Waals surface area contributed by atoms with Gasteiger partial charge in [0.15, 0.2) is 17.2 Å². The van der Waals surface area contributed by atoms with E-state index in [4.69, 9.17) is 5.73 Å². The van der Waals surface area contributed by atoms with Crippen LogP contribution < -0.4 is 5.73 Å². The first kappa shape index (κ1) is 8.99. The molecule has 74 valence electrons. The molecule has 0 saturated carbocycles. The molecule has 2 N–H and O–H groups in total. The lowest BCUT2D eigenvalue weighted by Gasteiger charge is -1.88. The Morgan fingerprint density at radius 3 is 2.40 bits per heavy atom. The van der Waals surface area contributed by atoms with Crippen molar-refractivity contribution >= 4 is 11.8 Å². The summed E-state index contributed by atoms with van der Waals surface area (Å²) in [5.41, 5.74) is 5.01. The van der Waals surface area contributed by atoms with E-state index in [1.54, 1.807) is 0 Å². The van der Waals surface area contributed by atoms with E-state index in [1.165, 1.54) is 0 Å². The highest BCUT2D eigenvalue weighted by molar-refractivity contribution is 5.96. The molecule has 2 aliphatic rings. The van der Waals surface area contributed by atoms with E-state index in [2.05, 4.69) is 30.7 Å². The lowest BCUT2D eigenvalue weighted by Crippen LogP contribution is -1.99. The maximum atomic E-state index is 11.0. The van der Waals surface area contributed by atoms with Gasteiger partial charge in [0.25, 0.3) is 0 Å². The number of amides is 2. The number of nitrogens with zero attached hydrogens (tertiary/aromatic N) is 6. The van der Waals surface area contributed by atoms with Crippen molar-refractivity contribution in [2.24, 2.45) is 36.4 Å². The van der Waals surface area contributed by atoms with Crippen LogP contribution >= 0.6 is 0 Å². The fourth-order valence-corrected chi connectivity index (χ4v) is 0.812. The highest BCUT2D eigenvalue weighted by Gasteiger charge is 2.20. The van der Waals surface area contributed by atoms with Crippen LogP contribution in [-0.4, -0.2) is 11.8 Å². The SMILES string of the molecule is NC1=C(N=NC2=CN=NC2=O)C(=O)N=N1. The molecule has 0 aromatic carbocycles. The van der Waals surface area contributed by atoms with Gasteiger partial charge in [0.2, 0.25) is 0 Å². The quantitative estimate of drug-likeness (QED) is 0.653. The van der Waals surface area contributed by atoms with E-state index in [0.717, 1.165) is 6.20 Å². The summed E-state index contributed by atoms with van der Waals surface area (Å²) in [7, 11) is 0. The molecule has 0 fully saturated rings. The van der Waals surface area contributed by atoms with Gasteiger partial charge in [-0.1, -0.05) is 0 Å². The topological polar surface area (TPSA) is 134 Å². The number of nitrogens with two attached hydrogens (primary N) is 1. The van der Waals surface area contributed by atoms with Crippen LogP contribution in [0.25, 0.3) is 0 Å². The molecule has 0 saturated heterocycles. The summed E-state index contributed by atoms with van der Waals surface area (Å²) in [5, 5.41) is 19.8. The normalized spacial score (nSPS) is 19.9. The molecule has 0 aromatic heterocycles. The van der Waals surface area contributed by atoms with Crippen molar-refractivity contribution in [2.45, 2.75) is 0 Å². The Morgan fingerprint density at radius 2 is 1.87 bits per heavy atom. The molecule has 0 aliphatic carbocycles. The molecule has 2 aliphatic heterocycles. The Bertz CT molecular complexity index is 496. The molecule has 9 nitrogen and oxygen atoms in total. The summed E-state index contributed by atoms with van der Waals surface area (Å²) in [5.74, 6) is -1.46. The summed E-state index contributed by atoms with van der Waals surface area (Å²) < 4.78 is 0. The minimum atomic E-state index is -0.698. The second-order valence-corrected chi connectivity index (χ2v) is 2.47. The van der Waals surface area contributed by atoms with Gasteiger partial charge in [-0.25, -0.2) is 0 Å². The zero-order valence-corrected chi connectivity index (χ0v) is 7.15. The van der Waals surface area contributed by atoms with Gasteiger partial charge in [-0.3, -0.25) is 9.59 Å². The lowest BCUT2D eigenvalue weighted by molar-refractivity contribution is -0.115. The van der Waals surface area contributed by atoms with Crippen molar-refractivity contribution in [3.05, 3.63) is 23.4 Å². The molecule has 0 bridgehead atoms. The molecule has 0 atom stereocenters. The number of carbonyl (C=O) groups excluding carboxylic acids is 2. The number of rotatable bonds is 2. The molecular weight excluding hydrogens is 202 g/mol. The average Bonchev–Trinajstić information content (AvgIpc) is 2.73. The van der Waals surface area contributed by atoms with Gasteiger partial charge in [-0.15, -0.1) is 25.6 Å². The second-order valence-electron chi connectivity index (χ2n) is 2.47. The molecule has 0 spiro atoms. The largest absolute Gasteiger partial charge is 0.380 e. The zero-order valence-electron chi connectivity index (χ0n) is 7.15. The molecule has 15 heavy (non-hydrogen) atoms. The van der Waals surface area contributed by atoms with Gasteiger partial charge in [-0.2, -0.15) is 5.11 Å². The Morgan fingerprint density at radius 1 is 1.07 bits per heavy atom. The summed E-state index contributed by atoms with van der Waals surface area (Å²) in [4.78, 5) is 21.8. The first-order valence-corrected chi connectivity index (χ1v) is 3.71. The first-order chi connectivity index (χ1) is 7.18. The highest BCUT2D eigenvalue weighted by Crippen LogP contribution is 2.16. The monoisotopic (exact) mass is 205 g/mol. The number of carbonyl (C=O) groups is 2. The van der Waals surface area contributed by atoms with E-state index in [0.29, 0.717) is 0 Å². The standard InChI is InChI=1S/C6H3N7O2/c7-4-3(6(15)13-11-4)10-9-2-1-8-12-5(2)14/h1H,7H2. The lowest BCUT2D eigenvalue weighted by atomic mass is 10.4. The first-order valence-electron chi connectivity index (χ1n) is 3.71. The Labute approximate surface area is 82.2 Å². The predicted octanol–water partition coefficient (Wildman–Crippen LogP) is 0.393. The second kappa shape index (κ2) is 3.29. The van der Waals surface area contributed by atoms with Crippen molar-refractivity contribution in [1.82, 2.24) is 0 Å². The van der Waals surface area contributed by atoms with Crippen molar-refractivity contribution in [2.75, 3.05) is 0 Å². The number of azo groups is 3. The summed E-state index contributed by atoms with van der Waals surface area (Å²) >= 11 is 0. The van der Waals surface area contributed by atoms with Crippen molar-refractivity contribution in [1.29, 1.82) is 0 Å². The molecule has 0 radical (unpaired) electrons. The van der Waals surface area contributed by atoms with Crippen LogP contribution in [0, 0.1) is 0 Å². The highest BCUT2D eigenvalue weighted by atomic mass is 16.2. The van der Waals surface area contributed by atoms with Crippen LogP contribution in [-0.2, 0) is 9.59 Å². The minimum Gasteiger partial charge on any atom is -0.380 e. The van der Waals surface area contributed by atoms with Crippen molar-refractivity contribution in [3.8, 4) is 0 Å². The van der Waals surface area contributed by atoms with Gasteiger partial charge >= 0.3 is 11.8 Å². The van der Waals surface area contributed by atoms with Crippen molar-refractivity contribution < 1.29 is 9.59 Å². The fourth-order valence-electron chi connectivity index (χ4n) is 0.812. The van der Waals surface area contributed by atoms with Crippen LogP contribution in [0.3, 0.4) is 0 Å². The Hall–Kier alpha value is -2.58. The maximum Gasteiger partial charge on any atom is 0.319 e. The number of hydrogen-bond donors (Lipinski definition) is 1. The molecular formula is C6H3N7O2. The van der Waals surface area contributed by atoms with Crippen LogP contribution in [0.1, 0.15) is 0 Å². The van der Waals surface area contributed by atoms with Crippen LogP contribution in [0.5, 0.6) is 0 Å².